The van der Waals surface area contributed by atoms with Gasteiger partial charge in [0.25, 0.3) is 10.0 Å². The molecule has 0 fully saturated rings. The lowest BCUT2D eigenvalue weighted by molar-refractivity contribution is 0.518. The van der Waals surface area contributed by atoms with Gasteiger partial charge in [-0.05, 0) is 43.3 Å². The van der Waals surface area contributed by atoms with Crippen molar-refractivity contribution in [1.82, 2.24) is 4.98 Å². The number of nitrogens with zero attached hydrogens (tertiary/aromatic N) is 1. The SMILES string of the molecule is Cc1ccc2nc(-c3ccccc3NS(=O)(=O)c3ccccc3)oc(=O)c2c1. The van der Waals surface area contributed by atoms with Gasteiger partial charge < -0.3 is 4.42 Å². The van der Waals surface area contributed by atoms with Gasteiger partial charge in [0.15, 0.2) is 0 Å². The number of hydrogen-bond donors (Lipinski definition) is 1. The molecule has 0 saturated carbocycles. The van der Waals surface area contributed by atoms with Crippen molar-refractivity contribution < 1.29 is 12.8 Å². The fourth-order valence-corrected chi connectivity index (χ4v) is 3.96. The summed E-state index contributed by atoms with van der Waals surface area (Å²) in [5, 5.41) is 0.381. The average molecular weight is 392 g/mol. The normalized spacial score (nSPS) is 11.5. The zero-order valence-corrected chi connectivity index (χ0v) is 15.7. The van der Waals surface area contributed by atoms with Gasteiger partial charge in [0, 0.05) is 0 Å². The first-order chi connectivity index (χ1) is 13.4. The van der Waals surface area contributed by atoms with E-state index >= 15 is 0 Å². The van der Waals surface area contributed by atoms with Crippen LogP contribution in [0, 0.1) is 6.92 Å². The first-order valence-corrected chi connectivity index (χ1v) is 10.0. The maximum absolute atomic E-state index is 12.7. The van der Waals surface area contributed by atoms with E-state index in [4.69, 9.17) is 4.42 Å². The van der Waals surface area contributed by atoms with Crippen LogP contribution in [-0.2, 0) is 10.0 Å². The van der Waals surface area contributed by atoms with Crippen LogP contribution in [0.25, 0.3) is 22.4 Å². The fraction of sp³-hybridized carbons (Fsp3) is 0.0476. The van der Waals surface area contributed by atoms with Crippen molar-refractivity contribution in [2.45, 2.75) is 11.8 Å². The topological polar surface area (TPSA) is 89.3 Å². The third kappa shape index (κ3) is 3.39. The minimum atomic E-state index is -3.80. The molecule has 0 aliphatic rings. The Morgan fingerprint density at radius 3 is 2.43 bits per heavy atom. The quantitative estimate of drug-likeness (QED) is 0.568. The molecule has 1 aromatic heterocycles. The molecule has 0 aliphatic carbocycles. The molecule has 0 spiro atoms. The number of hydrogen-bond acceptors (Lipinski definition) is 5. The van der Waals surface area contributed by atoms with E-state index in [1.165, 1.54) is 12.1 Å². The van der Waals surface area contributed by atoms with Gasteiger partial charge in [0.2, 0.25) is 5.89 Å². The Hall–Kier alpha value is -3.45. The molecule has 6 nitrogen and oxygen atoms in total. The number of benzene rings is 3. The molecule has 0 bridgehead atoms. The minimum absolute atomic E-state index is 0.0488. The van der Waals surface area contributed by atoms with Crippen molar-refractivity contribution in [3.8, 4) is 11.5 Å². The highest BCUT2D eigenvalue weighted by Gasteiger charge is 2.18. The first-order valence-electron chi connectivity index (χ1n) is 8.53. The first kappa shape index (κ1) is 17.9. The summed E-state index contributed by atoms with van der Waals surface area (Å²) in [6.45, 7) is 1.88. The molecule has 0 atom stereocenters. The number of fused-ring (bicyclic) bond motifs is 1. The van der Waals surface area contributed by atoms with Crippen LogP contribution in [-0.4, -0.2) is 13.4 Å². The number of rotatable bonds is 4. The molecule has 4 rings (SSSR count). The van der Waals surface area contributed by atoms with Crippen LogP contribution in [0.4, 0.5) is 5.69 Å². The van der Waals surface area contributed by atoms with Crippen LogP contribution in [0.5, 0.6) is 0 Å². The molecule has 0 saturated heterocycles. The number of aryl methyl sites for hydroxylation is 1. The van der Waals surface area contributed by atoms with Gasteiger partial charge in [-0.1, -0.05) is 42.0 Å². The van der Waals surface area contributed by atoms with Crippen molar-refractivity contribution in [3.63, 3.8) is 0 Å². The van der Waals surface area contributed by atoms with Crippen molar-refractivity contribution in [1.29, 1.82) is 0 Å². The van der Waals surface area contributed by atoms with E-state index in [0.717, 1.165) is 5.56 Å². The van der Waals surface area contributed by atoms with Crippen molar-refractivity contribution in [2.75, 3.05) is 4.72 Å². The second kappa shape index (κ2) is 6.94. The molecule has 0 aliphatic heterocycles. The van der Waals surface area contributed by atoms with E-state index < -0.39 is 15.6 Å². The van der Waals surface area contributed by atoms with Crippen LogP contribution < -0.4 is 10.3 Å². The van der Waals surface area contributed by atoms with Crippen LogP contribution in [0.15, 0.2) is 86.9 Å². The van der Waals surface area contributed by atoms with Crippen LogP contribution >= 0.6 is 0 Å². The Kier molecular flexibility index (Phi) is 4.44. The highest BCUT2D eigenvalue weighted by Crippen LogP contribution is 2.28. The fourth-order valence-electron chi connectivity index (χ4n) is 2.86. The second-order valence-corrected chi connectivity index (χ2v) is 7.97. The molecule has 0 unspecified atom stereocenters. The predicted octanol–water partition coefficient (Wildman–Crippen LogP) is 3.96. The number of nitrogens with one attached hydrogen (secondary N) is 1. The lowest BCUT2D eigenvalue weighted by Gasteiger charge is -2.12. The third-order valence-electron chi connectivity index (χ3n) is 4.24. The summed E-state index contributed by atoms with van der Waals surface area (Å²) in [5.41, 5.74) is 1.53. The summed E-state index contributed by atoms with van der Waals surface area (Å²) in [7, 11) is -3.80. The molecule has 4 aromatic rings. The molecule has 3 aromatic carbocycles. The Morgan fingerprint density at radius 1 is 0.929 bits per heavy atom. The zero-order chi connectivity index (χ0) is 19.7. The highest BCUT2D eigenvalue weighted by molar-refractivity contribution is 7.92. The summed E-state index contributed by atoms with van der Waals surface area (Å²) >= 11 is 0. The molecule has 28 heavy (non-hydrogen) atoms. The summed E-state index contributed by atoms with van der Waals surface area (Å²) in [6.07, 6.45) is 0. The lowest BCUT2D eigenvalue weighted by Crippen LogP contribution is -2.14. The highest BCUT2D eigenvalue weighted by atomic mass is 32.2. The lowest BCUT2D eigenvalue weighted by atomic mass is 10.1. The van der Waals surface area contributed by atoms with Gasteiger partial charge in [0.05, 0.1) is 27.0 Å². The molecule has 0 radical (unpaired) electrons. The van der Waals surface area contributed by atoms with E-state index in [9.17, 15) is 13.2 Å². The summed E-state index contributed by atoms with van der Waals surface area (Å²) in [4.78, 5) is 16.9. The molecule has 0 amide bonds. The Bertz CT molecular complexity index is 1330. The smallest absolute Gasteiger partial charge is 0.347 e. The zero-order valence-electron chi connectivity index (χ0n) is 14.9. The minimum Gasteiger partial charge on any atom is -0.403 e. The molecule has 140 valence electrons. The molecular weight excluding hydrogens is 376 g/mol. The standard InChI is InChI=1S/C21H16N2O4S/c1-14-11-12-18-17(13-14)21(24)27-20(22-18)16-9-5-6-10-19(16)23-28(25,26)15-7-3-2-4-8-15/h2-13,23H,1H3. The maximum Gasteiger partial charge on any atom is 0.347 e. The maximum atomic E-state index is 12.7. The monoisotopic (exact) mass is 392 g/mol. The van der Waals surface area contributed by atoms with E-state index in [0.29, 0.717) is 16.5 Å². The van der Waals surface area contributed by atoms with Gasteiger partial charge in [-0.3, -0.25) is 4.72 Å². The van der Waals surface area contributed by atoms with Crippen LogP contribution in [0.1, 0.15) is 5.56 Å². The van der Waals surface area contributed by atoms with Crippen LogP contribution in [0.2, 0.25) is 0 Å². The molecule has 1 heterocycles. The number of aromatic nitrogens is 1. The van der Waals surface area contributed by atoms with Gasteiger partial charge in [-0.15, -0.1) is 0 Å². The Morgan fingerprint density at radius 2 is 1.64 bits per heavy atom. The molecular formula is C21H16N2O4S. The third-order valence-corrected chi connectivity index (χ3v) is 5.62. The number of para-hydroxylation sites is 1. The van der Waals surface area contributed by atoms with Gasteiger partial charge >= 0.3 is 5.63 Å². The molecule has 7 heteroatoms. The van der Waals surface area contributed by atoms with Crippen LogP contribution in [0.3, 0.4) is 0 Å². The van der Waals surface area contributed by atoms with Crippen molar-refractivity contribution in [3.05, 3.63) is 88.8 Å². The molecule has 1 N–H and O–H groups in total. The van der Waals surface area contributed by atoms with Gasteiger partial charge in [-0.2, -0.15) is 0 Å². The number of anilines is 1. The van der Waals surface area contributed by atoms with Crippen molar-refractivity contribution in [2.24, 2.45) is 0 Å². The van der Waals surface area contributed by atoms with E-state index in [1.54, 1.807) is 54.6 Å². The summed E-state index contributed by atoms with van der Waals surface area (Å²) in [5.74, 6) is 0.0488. The second-order valence-electron chi connectivity index (χ2n) is 6.29. The average Bonchev–Trinajstić information content (AvgIpc) is 2.69. The Labute approximate surface area is 161 Å². The van der Waals surface area contributed by atoms with Crippen molar-refractivity contribution >= 4 is 26.6 Å². The van der Waals surface area contributed by atoms with Gasteiger partial charge in [0.1, 0.15) is 0 Å². The Balaban J connectivity index is 1.82. The van der Waals surface area contributed by atoms with E-state index in [2.05, 4.69) is 9.71 Å². The summed E-state index contributed by atoms with van der Waals surface area (Å²) in [6, 6.07) is 20.0. The predicted molar refractivity (Wildman–Crippen MR) is 108 cm³/mol. The number of sulfonamides is 1. The van der Waals surface area contributed by atoms with E-state index in [1.807, 2.05) is 13.0 Å². The summed E-state index contributed by atoms with van der Waals surface area (Å²) < 4.78 is 33.3. The van der Waals surface area contributed by atoms with E-state index in [-0.39, 0.29) is 16.5 Å². The van der Waals surface area contributed by atoms with Gasteiger partial charge in [-0.25, -0.2) is 18.2 Å². The largest absolute Gasteiger partial charge is 0.403 e.